The molecule has 0 bridgehead atoms. The number of para-hydroxylation sites is 1. The molecule has 0 aliphatic carbocycles. The predicted molar refractivity (Wildman–Crippen MR) is 121 cm³/mol. The van der Waals surface area contributed by atoms with Crippen molar-refractivity contribution in [3.63, 3.8) is 0 Å². The van der Waals surface area contributed by atoms with Gasteiger partial charge in [0.1, 0.15) is 5.75 Å². The van der Waals surface area contributed by atoms with Crippen LogP contribution in [0.3, 0.4) is 0 Å². The Morgan fingerprint density at radius 2 is 1.43 bits per heavy atom. The molecule has 1 unspecified atom stereocenters. The van der Waals surface area contributed by atoms with Gasteiger partial charge in [-0.25, -0.2) is 0 Å². The molecule has 0 aliphatic heterocycles. The zero-order valence-corrected chi connectivity index (χ0v) is 18.8. The summed E-state index contributed by atoms with van der Waals surface area (Å²) in [4.78, 5) is 25.9. The number of nitrogens with one attached hydrogen (secondary N) is 3. The third kappa shape index (κ3) is 6.59. The number of amides is 2. The molecule has 0 saturated heterocycles. The topological polar surface area (TPSA) is 71.9 Å². The minimum absolute atomic E-state index is 0.100. The van der Waals surface area contributed by atoms with Crippen LogP contribution >= 0.6 is 0 Å². The second kappa shape index (κ2) is 10.8. The first-order chi connectivity index (χ1) is 14.2. The van der Waals surface area contributed by atoms with E-state index in [1.165, 1.54) is 0 Å². The first-order valence-electron chi connectivity index (χ1n) is 10.4. The Morgan fingerprint density at radius 3 is 1.97 bits per heavy atom. The lowest BCUT2D eigenvalue weighted by Gasteiger charge is -2.21. The normalized spacial score (nSPS) is 12.0. The van der Waals surface area contributed by atoms with E-state index in [-0.39, 0.29) is 24.9 Å². The molecule has 30 heavy (non-hydrogen) atoms. The van der Waals surface area contributed by atoms with Gasteiger partial charge >= 0.3 is 0 Å². The predicted octanol–water partition coefficient (Wildman–Crippen LogP) is 3.03. The number of quaternary nitrogens is 1. The Labute approximate surface area is 179 Å². The second-order valence-corrected chi connectivity index (χ2v) is 8.26. The van der Waals surface area contributed by atoms with Crippen LogP contribution < -0.4 is 20.3 Å². The molecule has 0 fully saturated rings. The summed E-state index contributed by atoms with van der Waals surface area (Å²) in [5.41, 5.74) is 3.83. The zero-order chi connectivity index (χ0) is 22.3. The van der Waals surface area contributed by atoms with Crippen molar-refractivity contribution in [2.45, 2.75) is 39.5 Å². The molecule has 2 aromatic carbocycles. The van der Waals surface area contributed by atoms with E-state index in [2.05, 4.69) is 50.5 Å². The number of rotatable bonds is 9. The summed E-state index contributed by atoms with van der Waals surface area (Å²) >= 11 is 0. The summed E-state index contributed by atoms with van der Waals surface area (Å²) in [6.45, 7) is 8.87. The smallest absolute Gasteiger partial charge is 0.279 e. The van der Waals surface area contributed by atoms with Gasteiger partial charge in [-0.2, -0.15) is 0 Å². The van der Waals surface area contributed by atoms with Crippen molar-refractivity contribution in [2.24, 2.45) is 0 Å². The van der Waals surface area contributed by atoms with Crippen LogP contribution in [0.4, 0.5) is 11.4 Å². The van der Waals surface area contributed by atoms with Crippen molar-refractivity contribution in [2.75, 3.05) is 37.9 Å². The van der Waals surface area contributed by atoms with E-state index < -0.39 is 0 Å². The highest BCUT2D eigenvalue weighted by Crippen LogP contribution is 2.32. The van der Waals surface area contributed by atoms with Gasteiger partial charge in [-0.1, -0.05) is 52.0 Å². The van der Waals surface area contributed by atoms with E-state index in [4.69, 9.17) is 4.74 Å². The van der Waals surface area contributed by atoms with Crippen LogP contribution in [0.2, 0.25) is 0 Å². The Kier molecular flexibility index (Phi) is 8.42. The summed E-state index contributed by atoms with van der Waals surface area (Å²) in [6.07, 6.45) is 0. The van der Waals surface area contributed by atoms with Crippen LogP contribution in [-0.4, -0.2) is 39.1 Å². The first-order valence-corrected chi connectivity index (χ1v) is 10.4. The van der Waals surface area contributed by atoms with E-state index in [1.807, 2.05) is 25.2 Å². The van der Waals surface area contributed by atoms with E-state index in [9.17, 15) is 9.59 Å². The maximum atomic E-state index is 12.7. The van der Waals surface area contributed by atoms with Gasteiger partial charge in [0.25, 0.3) is 11.8 Å². The molecule has 3 N–H and O–H groups in total. The number of anilines is 2. The molecule has 0 saturated carbocycles. The number of methoxy groups -OCH3 is 1. The summed E-state index contributed by atoms with van der Waals surface area (Å²) in [5.74, 6) is 1.03. The molecule has 0 radical (unpaired) electrons. The largest absolute Gasteiger partial charge is 0.497 e. The lowest BCUT2D eigenvalue weighted by atomic mass is 9.92. The SMILES string of the molecule is COc1cccc(NC(=O)C[NH+](C)CC(=O)Nc2c(C(C)C)cccc2C(C)C)c1. The van der Waals surface area contributed by atoms with E-state index in [1.54, 1.807) is 19.2 Å². The summed E-state index contributed by atoms with van der Waals surface area (Å²) in [6, 6.07) is 13.4. The van der Waals surface area contributed by atoms with Crippen LogP contribution in [0.1, 0.15) is 50.7 Å². The number of ether oxygens (including phenoxy) is 1. The highest BCUT2D eigenvalue weighted by molar-refractivity contribution is 5.94. The van der Waals surface area contributed by atoms with Crippen LogP contribution in [-0.2, 0) is 9.59 Å². The summed E-state index contributed by atoms with van der Waals surface area (Å²) in [5, 5.41) is 5.95. The molecule has 6 heteroatoms. The third-order valence-electron chi connectivity index (χ3n) is 4.92. The number of hydrogen-bond donors (Lipinski definition) is 3. The molecule has 0 aliphatic rings. The number of carbonyl (C=O) groups is 2. The molecule has 0 heterocycles. The second-order valence-electron chi connectivity index (χ2n) is 8.26. The minimum atomic E-state index is -0.154. The molecular formula is C24H34N3O3+. The molecule has 0 spiro atoms. The standard InChI is InChI=1S/C24H33N3O3/c1-16(2)20-11-8-12-21(17(3)4)24(20)26-23(29)15-27(5)14-22(28)25-18-9-7-10-19(13-18)30-6/h7-13,16-17H,14-15H2,1-6H3,(H,25,28)(H,26,29)/p+1. The first kappa shape index (κ1) is 23.4. The average molecular weight is 413 g/mol. The van der Waals surface area contributed by atoms with Gasteiger partial charge in [-0.3, -0.25) is 9.59 Å². The fourth-order valence-corrected chi connectivity index (χ4v) is 3.40. The Morgan fingerprint density at radius 1 is 0.900 bits per heavy atom. The van der Waals surface area contributed by atoms with Crippen LogP contribution in [0.5, 0.6) is 5.75 Å². The third-order valence-corrected chi connectivity index (χ3v) is 4.92. The molecule has 6 nitrogen and oxygen atoms in total. The zero-order valence-electron chi connectivity index (χ0n) is 18.8. The van der Waals surface area contributed by atoms with Gasteiger partial charge in [-0.05, 0) is 35.1 Å². The van der Waals surface area contributed by atoms with Crippen molar-refractivity contribution < 1.29 is 19.2 Å². The van der Waals surface area contributed by atoms with Gasteiger partial charge in [0.05, 0.1) is 14.2 Å². The van der Waals surface area contributed by atoms with Crippen molar-refractivity contribution in [3.8, 4) is 5.75 Å². The maximum absolute atomic E-state index is 12.7. The molecule has 1 atom stereocenters. The number of carbonyl (C=O) groups excluding carboxylic acids is 2. The summed E-state index contributed by atoms with van der Waals surface area (Å²) < 4.78 is 5.17. The summed E-state index contributed by atoms with van der Waals surface area (Å²) in [7, 11) is 3.42. The Bertz CT molecular complexity index is 851. The van der Waals surface area contributed by atoms with Gasteiger partial charge in [0, 0.05) is 17.4 Å². The number of likely N-dealkylation sites (N-methyl/N-ethyl adjacent to an activating group) is 1. The van der Waals surface area contributed by atoms with Gasteiger partial charge in [0.15, 0.2) is 13.1 Å². The minimum Gasteiger partial charge on any atom is -0.497 e. The Hall–Kier alpha value is -2.86. The lowest BCUT2D eigenvalue weighted by Crippen LogP contribution is -3.11. The van der Waals surface area contributed by atoms with E-state index >= 15 is 0 Å². The molecule has 0 aromatic heterocycles. The fourth-order valence-electron chi connectivity index (χ4n) is 3.40. The molecular weight excluding hydrogens is 378 g/mol. The van der Waals surface area contributed by atoms with E-state index in [0.717, 1.165) is 21.7 Å². The highest BCUT2D eigenvalue weighted by atomic mass is 16.5. The molecule has 162 valence electrons. The van der Waals surface area contributed by atoms with Gasteiger partial charge < -0.3 is 20.3 Å². The van der Waals surface area contributed by atoms with Crippen LogP contribution in [0.15, 0.2) is 42.5 Å². The quantitative estimate of drug-likeness (QED) is 0.593. The van der Waals surface area contributed by atoms with Crippen molar-refractivity contribution in [1.82, 2.24) is 0 Å². The molecule has 2 rings (SSSR count). The monoisotopic (exact) mass is 412 g/mol. The maximum Gasteiger partial charge on any atom is 0.279 e. The van der Waals surface area contributed by atoms with Gasteiger partial charge in [-0.15, -0.1) is 0 Å². The van der Waals surface area contributed by atoms with Crippen molar-refractivity contribution >= 4 is 23.2 Å². The average Bonchev–Trinajstić information content (AvgIpc) is 2.67. The van der Waals surface area contributed by atoms with Gasteiger partial charge in [0.2, 0.25) is 0 Å². The number of benzene rings is 2. The molecule has 2 amide bonds. The molecule has 2 aromatic rings. The lowest BCUT2D eigenvalue weighted by molar-refractivity contribution is -0.862. The van der Waals surface area contributed by atoms with Crippen molar-refractivity contribution in [3.05, 3.63) is 53.6 Å². The highest BCUT2D eigenvalue weighted by Gasteiger charge is 2.19. The van der Waals surface area contributed by atoms with Crippen LogP contribution in [0.25, 0.3) is 0 Å². The van der Waals surface area contributed by atoms with Crippen LogP contribution in [0, 0.1) is 0 Å². The Balaban J connectivity index is 1.98. The fraction of sp³-hybridized carbons (Fsp3) is 0.417. The van der Waals surface area contributed by atoms with Crippen molar-refractivity contribution in [1.29, 1.82) is 0 Å². The number of hydrogen-bond acceptors (Lipinski definition) is 3. The van der Waals surface area contributed by atoms with E-state index in [0.29, 0.717) is 23.3 Å².